The molecule has 3 N–H and O–H groups in total. The first-order valence-corrected chi connectivity index (χ1v) is 10.1. The first-order valence-electron chi connectivity index (χ1n) is 8.61. The zero-order valence-electron chi connectivity index (χ0n) is 15.1. The molecule has 0 bridgehead atoms. The lowest BCUT2D eigenvalue weighted by molar-refractivity contribution is 0.482. The molecule has 140 valence electrons. The largest absolute Gasteiger partial charge is 0.457 e. The zero-order valence-corrected chi connectivity index (χ0v) is 15.9. The van der Waals surface area contributed by atoms with Crippen LogP contribution in [-0.2, 0) is 16.4 Å². The lowest BCUT2D eigenvalue weighted by Crippen LogP contribution is -2.25. The molecule has 0 aliphatic rings. The van der Waals surface area contributed by atoms with Crippen LogP contribution in [0.3, 0.4) is 0 Å². The number of aryl methyl sites for hydroxylation is 1. The Morgan fingerprint density at radius 3 is 2.00 bits per heavy atom. The normalized spacial score (nSPS) is 11.3. The van der Waals surface area contributed by atoms with Crippen LogP contribution in [0.15, 0.2) is 77.7 Å². The second-order valence-corrected chi connectivity index (χ2v) is 8.04. The molecule has 3 rings (SSSR count). The van der Waals surface area contributed by atoms with E-state index in [0.29, 0.717) is 18.7 Å². The highest BCUT2D eigenvalue weighted by Crippen LogP contribution is 2.22. The molecule has 0 aliphatic carbocycles. The van der Waals surface area contributed by atoms with Crippen LogP contribution < -0.4 is 15.2 Å². The van der Waals surface area contributed by atoms with Crippen LogP contribution in [0.25, 0.3) is 0 Å². The monoisotopic (exact) mass is 382 g/mol. The number of nitrogens with one attached hydrogen (secondary N) is 1. The van der Waals surface area contributed by atoms with Gasteiger partial charge < -0.3 is 10.5 Å². The summed E-state index contributed by atoms with van der Waals surface area (Å²) in [5.74, 6) is 1.52. The minimum absolute atomic E-state index is 0.207. The summed E-state index contributed by atoms with van der Waals surface area (Å²) in [6.45, 7) is 2.34. The maximum absolute atomic E-state index is 12.2. The fraction of sp³-hybridized carbons (Fsp3) is 0.143. The van der Waals surface area contributed by atoms with Gasteiger partial charge in [0.05, 0.1) is 4.90 Å². The van der Waals surface area contributed by atoms with Gasteiger partial charge in [0.25, 0.3) is 0 Å². The van der Waals surface area contributed by atoms with Gasteiger partial charge in [0.1, 0.15) is 11.5 Å². The zero-order chi connectivity index (χ0) is 19.3. The molecule has 0 fully saturated rings. The Hall–Kier alpha value is -2.83. The van der Waals surface area contributed by atoms with E-state index in [1.165, 1.54) is 17.7 Å². The third kappa shape index (κ3) is 5.32. The molecule has 3 aromatic rings. The van der Waals surface area contributed by atoms with E-state index in [9.17, 15) is 8.42 Å². The number of anilines is 1. The van der Waals surface area contributed by atoms with E-state index in [1.807, 2.05) is 55.5 Å². The molecule has 0 radical (unpaired) electrons. The number of sulfonamides is 1. The predicted molar refractivity (Wildman–Crippen MR) is 107 cm³/mol. The van der Waals surface area contributed by atoms with Crippen molar-refractivity contribution in [1.82, 2.24) is 4.72 Å². The summed E-state index contributed by atoms with van der Waals surface area (Å²) in [5.41, 5.74) is 8.32. The molecular weight excluding hydrogens is 360 g/mol. The fourth-order valence-corrected chi connectivity index (χ4v) is 3.56. The Labute approximate surface area is 159 Å². The van der Waals surface area contributed by atoms with E-state index >= 15 is 0 Å². The van der Waals surface area contributed by atoms with Crippen LogP contribution in [0.1, 0.15) is 11.1 Å². The van der Waals surface area contributed by atoms with Crippen molar-refractivity contribution >= 4 is 15.7 Å². The van der Waals surface area contributed by atoms with Crippen LogP contribution in [0.2, 0.25) is 0 Å². The number of benzene rings is 3. The Morgan fingerprint density at radius 1 is 0.852 bits per heavy atom. The van der Waals surface area contributed by atoms with Crippen LogP contribution in [0, 0.1) is 6.92 Å². The van der Waals surface area contributed by atoms with Crippen LogP contribution >= 0.6 is 0 Å². The van der Waals surface area contributed by atoms with Gasteiger partial charge in [0, 0.05) is 12.2 Å². The molecule has 0 heterocycles. The molecule has 0 unspecified atom stereocenters. The molecule has 0 spiro atoms. The molecule has 0 saturated carbocycles. The molecule has 5 nitrogen and oxygen atoms in total. The lowest BCUT2D eigenvalue weighted by atomic mass is 10.1. The van der Waals surface area contributed by atoms with E-state index in [-0.39, 0.29) is 4.90 Å². The molecule has 0 amide bonds. The van der Waals surface area contributed by atoms with Gasteiger partial charge in [0.15, 0.2) is 0 Å². The molecule has 0 aliphatic heterocycles. The highest BCUT2D eigenvalue weighted by molar-refractivity contribution is 7.89. The molecule has 3 aromatic carbocycles. The van der Waals surface area contributed by atoms with Crippen LogP contribution in [-0.4, -0.2) is 15.0 Å². The molecule has 0 aromatic heterocycles. The van der Waals surface area contributed by atoms with Gasteiger partial charge in [-0.15, -0.1) is 0 Å². The first-order chi connectivity index (χ1) is 12.9. The Kier molecular flexibility index (Phi) is 5.78. The maximum atomic E-state index is 12.2. The van der Waals surface area contributed by atoms with Crippen molar-refractivity contribution in [3.05, 3.63) is 83.9 Å². The van der Waals surface area contributed by atoms with Crippen molar-refractivity contribution in [3.63, 3.8) is 0 Å². The van der Waals surface area contributed by atoms with Gasteiger partial charge in [-0.1, -0.05) is 29.8 Å². The summed E-state index contributed by atoms with van der Waals surface area (Å²) in [6.07, 6.45) is 0.582. The summed E-state index contributed by atoms with van der Waals surface area (Å²) >= 11 is 0. The van der Waals surface area contributed by atoms with Crippen molar-refractivity contribution in [2.24, 2.45) is 0 Å². The first kappa shape index (κ1) is 18.9. The number of ether oxygens (including phenoxy) is 1. The molecule has 6 heteroatoms. The molecule has 0 saturated heterocycles. The average Bonchev–Trinajstić information content (AvgIpc) is 2.65. The van der Waals surface area contributed by atoms with Gasteiger partial charge in [0.2, 0.25) is 10.0 Å². The van der Waals surface area contributed by atoms with E-state index in [2.05, 4.69) is 4.72 Å². The van der Waals surface area contributed by atoms with Crippen LogP contribution in [0.4, 0.5) is 5.69 Å². The highest BCUT2D eigenvalue weighted by atomic mass is 32.2. The summed E-state index contributed by atoms with van der Waals surface area (Å²) in [6, 6.07) is 21.6. The summed E-state index contributed by atoms with van der Waals surface area (Å²) in [4.78, 5) is 0.207. The highest BCUT2D eigenvalue weighted by Gasteiger charge is 2.12. The van der Waals surface area contributed by atoms with Crippen molar-refractivity contribution in [1.29, 1.82) is 0 Å². The minimum atomic E-state index is -3.53. The number of nitrogens with two attached hydrogens (primary N) is 1. The third-order valence-electron chi connectivity index (χ3n) is 4.08. The van der Waals surface area contributed by atoms with E-state index in [0.717, 1.165) is 17.1 Å². The van der Waals surface area contributed by atoms with Crippen molar-refractivity contribution < 1.29 is 13.2 Å². The van der Waals surface area contributed by atoms with E-state index in [4.69, 9.17) is 10.5 Å². The second kappa shape index (κ2) is 8.24. The van der Waals surface area contributed by atoms with Gasteiger partial charge in [-0.3, -0.25) is 0 Å². The standard InChI is InChI=1S/C21H22N2O3S/c1-16-2-8-19(9-3-16)26-20-10-4-17(5-11-20)14-15-23-27(24,25)21-12-6-18(22)7-13-21/h2-13,23H,14-15,22H2,1H3. The number of rotatable bonds is 7. The topological polar surface area (TPSA) is 81.4 Å². The second-order valence-electron chi connectivity index (χ2n) is 6.28. The summed E-state index contributed by atoms with van der Waals surface area (Å²) < 4.78 is 32.9. The van der Waals surface area contributed by atoms with Gasteiger partial charge in [-0.2, -0.15) is 0 Å². The van der Waals surface area contributed by atoms with E-state index < -0.39 is 10.0 Å². The molecule has 0 atom stereocenters. The quantitative estimate of drug-likeness (QED) is 0.608. The van der Waals surface area contributed by atoms with Gasteiger partial charge in [-0.05, 0) is 67.4 Å². The van der Waals surface area contributed by atoms with Crippen molar-refractivity contribution in [2.75, 3.05) is 12.3 Å². The predicted octanol–water partition coefficient (Wildman–Crippen LogP) is 3.89. The summed E-state index contributed by atoms with van der Waals surface area (Å²) in [7, 11) is -3.53. The lowest BCUT2D eigenvalue weighted by Gasteiger charge is -2.09. The number of hydrogen-bond acceptors (Lipinski definition) is 4. The van der Waals surface area contributed by atoms with Gasteiger partial charge in [-0.25, -0.2) is 13.1 Å². The third-order valence-corrected chi connectivity index (χ3v) is 5.55. The van der Waals surface area contributed by atoms with Crippen molar-refractivity contribution in [2.45, 2.75) is 18.2 Å². The van der Waals surface area contributed by atoms with Crippen LogP contribution in [0.5, 0.6) is 11.5 Å². The van der Waals surface area contributed by atoms with E-state index in [1.54, 1.807) is 12.1 Å². The SMILES string of the molecule is Cc1ccc(Oc2ccc(CCNS(=O)(=O)c3ccc(N)cc3)cc2)cc1. The fourth-order valence-electron chi connectivity index (χ4n) is 2.53. The smallest absolute Gasteiger partial charge is 0.240 e. The Bertz CT molecular complexity index is 981. The Balaban J connectivity index is 1.54. The number of hydrogen-bond donors (Lipinski definition) is 2. The molecular formula is C21H22N2O3S. The molecule has 27 heavy (non-hydrogen) atoms. The van der Waals surface area contributed by atoms with Gasteiger partial charge >= 0.3 is 0 Å². The number of nitrogen functional groups attached to an aromatic ring is 1. The van der Waals surface area contributed by atoms with Crippen molar-refractivity contribution in [3.8, 4) is 11.5 Å². The Morgan fingerprint density at radius 2 is 1.41 bits per heavy atom. The minimum Gasteiger partial charge on any atom is -0.457 e. The maximum Gasteiger partial charge on any atom is 0.240 e. The average molecular weight is 382 g/mol. The summed E-state index contributed by atoms with van der Waals surface area (Å²) in [5, 5.41) is 0.